The third-order valence-electron chi connectivity index (χ3n) is 3.81. The molecule has 0 amide bonds. The topological polar surface area (TPSA) is 24.1 Å². The van der Waals surface area contributed by atoms with Gasteiger partial charge in [-0.05, 0) is 32.0 Å². The van der Waals surface area contributed by atoms with Gasteiger partial charge in [0.25, 0.3) is 0 Å². The summed E-state index contributed by atoms with van der Waals surface area (Å²) in [5.41, 5.74) is 0. The lowest BCUT2D eigenvalue weighted by Crippen LogP contribution is -2.40. The van der Waals surface area contributed by atoms with Gasteiger partial charge >= 0.3 is 0 Å². The molecular formula is C17H36N2S. The van der Waals surface area contributed by atoms with Crippen molar-refractivity contribution < 1.29 is 0 Å². The molecule has 2 nitrogen and oxygen atoms in total. The van der Waals surface area contributed by atoms with Gasteiger partial charge in [0, 0.05) is 12.6 Å². The Morgan fingerprint density at radius 1 is 0.850 bits per heavy atom. The zero-order chi connectivity index (χ0) is 15.1. The van der Waals surface area contributed by atoms with Crippen LogP contribution in [0.5, 0.6) is 0 Å². The molecule has 120 valence electrons. The highest BCUT2D eigenvalue weighted by atomic mass is 32.1. The average Bonchev–Trinajstić information content (AvgIpc) is 2.44. The molecule has 0 aromatic rings. The molecule has 0 heterocycles. The van der Waals surface area contributed by atoms with Crippen molar-refractivity contribution in [3.8, 4) is 0 Å². The van der Waals surface area contributed by atoms with Gasteiger partial charge in [-0.3, -0.25) is 0 Å². The van der Waals surface area contributed by atoms with Gasteiger partial charge in [0.1, 0.15) is 0 Å². The maximum atomic E-state index is 5.24. The van der Waals surface area contributed by atoms with Crippen molar-refractivity contribution in [1.29, 1.82) is 0 Å². The first-order chi connectivity index (χ1) is 9.70. The molecule has 0 fully saturated rings. The van der Waals surface area contributed by atoms with Crippen molar-refractivity contribution in [2.45, 2.75) is 97.4 Å². The average molecular weight is 301 g/mol. The fraction of sp³-hybridized carbons (Fsp3) is 0.941. The van der Waals surface area contributed by atoms with Gasteiger partial charge in [-0.15, -0.1) is 0 Å². The largest absolute Gasteiger partial charge is 0.363 e. The van der Waals surface area contributed by atoms with Crippen LogP contribution in [0.15, 0.2) is 0 Å². The van der Waals surface area contributed by atoms with Crippen LogP contribution in [-0.2, 0) is 0 Å². The minimum absolute atomic E-state index is 0.475. The number of unbranched alkanes of at least 4 members (excludes halogenated alkanes) is 9. The predicted octanol–water partition coefficient (Wildman–Crippen LogP) is 5.17. The molecule has 0 rings (SSSR count). The van der Waals surface area contributed by atoms with Crippen molar-refractivity contribution >= 4 is 17.3 Å². The summed E-state index contributed by atoms with van der Waals surface area (Å²) in [7, 11) is 0. The van der Waals surface area contributed by atoms with Crippen LogP contribution in [0.1, 0.15) is 91.4 Å². The van der Waals surface area contributed by atoms with Crippen LogP contribution >= 0.6 is 12.2 Å². The Morgan fingerprint density at radius 2 is 1.35 bits per heavy atom. The summed E-state index contributed by atoms with van der Waals surface area (Å²) in [6, 6.07) is 0.475. The molecule has 0 saturated carbocycles. The number of nitrogens with one attached hydrogen (secondary N) is 2. The number of rotatable bonds is 13. The molecule has 0 aromatic heterocycles. The Morgan fingerprint density at radius 3 is 1.85 bits per heavy atom. The van der Waals surface area contributed by atoms with Gasteiger partial charge in [0.2, 0.25) is 0 Å². The molecular weight excluding hydrogens is 264 g/mol. The van der Waals surface area contributed by atoms with Crippen LogP contribution in [0.4, 0.5) is 0 Å². The van der Waals surface area contributed by atoms with Crippen LogP contribution in [0.3, 0.4) is 0 Å². The summed E-state index contributed by atoms with van der Waals surface area (Å²) < 4.78 is 0. The van der Waals surface area contributed by atoms with Crippen LogP contribution in [-0.4, -0.2) is 17.7 Å². The smallest absolute Gasteiger partial charge is 0.166 e. The van der Waals surface area contributed by atoms with E-state index in [9.17, 15) is 0 Å². The maximum Gasteiger partial charge on any atom is 0.166 e. The number of thiocarbonyl (C=S) groups is 1. The molecule has 20 heavy (non-hydrogen) atoms. The minimum Gasteiger partial charge on any atom is -0.363 e. The Labute approximate surface area is 132 Å². The first-order valence-corrected chi connectivity index (χ1v) is 9.15. The summed E-state index contributed by atoms with van der Waals surface area (Å²) in [5, 5.41) is 7.39. The Hall–Kier alpha value is -0.310. The second-order valence-electron chi connectivity index (χ2n) is 5.89. The standard InChI is InChI=1S/C17H36N2S/c1-4-6-7-8-9-10-11-12-13-14-15-18-17(20)19-16(3)5-2/h16H,4-15H2,1-3H3,(H2,18,19,20). The summed E-state index contributed by atoms with van der Waals surface area (Å²) in [5.74, 6) is 0. The van der Waals surface area contributed by atoms with Crippen molar-refractivity contribution in [1.82, 2.24) is 10.6 Å². The highest BCUT2D eigenvalue weighted by Gasteiger charge is 2.00. The molecule has 0 aliphatic heterocycles. The lowest BCUT2D eigenvalue weighted by Gasteiger charge is -2.15. The van der Waals surface area contributed by atoms with Crippen LogP contribution in [0.2, 0.25) is 0 Å². The molecule has 0 saturated heterocycles. The SMILES string of the molecule is CCCCCCCCCCCCNC(=S)NC(C)CC. The van der Waals surface area contributed by atoms with Crippen molar-refractivity contribution in [2.24, 2.45) is 0 Å². The van der Waals surface area contributed by atoms with Crippen molar-refractivity contribution in [3.05, 3.63) is 0 Å². The van der Waals surface area contributed by atoms with Gasteiger partial charge in [-0.25, -0.2) is 0 Å². The van der Waals surface area contributed by atoms with E-state index in [4.69, 9.17) is 12.2 Å². The highest BCUT2D eigenvalue weighted by molar-refractivity contribution is 7.80. The molecule has 0 aromatic carbocycles. The summed E-state index contributed by atoms with van der Waals surface area (Å²) >= 11 is 5.24. The van der Waals surface area contributed by atoms with Gasteiger partial charge in [0.15, 0.2) is 5.11 Å². The van der Waals surface area contributed by atoms with E-state index in [-0.39, 0.29) is 0 Å². The second kappa shape index (κ2) is 15.1. The molecule has 1 unspecified atom stereocenters. The first kappa shape index (κ1) is 19.7. The number of hydrogen-bond acceptors (Lipinski definition) is 1. The van der Waals surface area contributed by atoms with Crippen molar-refractivity contribution in [2.75, 3.05) is 6.54 Å². The molecule has 3 heteroatoms. The third-order valence-corrected chi connectivity index (χ3v) is 4.07. The first-order valence-electron chi connectivity index (χ1n) is 8.75. The summed E-state index contributed by atoms with van der Waals surface area (Å²) in [6.45, 7) is 7.62. The van der Waals surface area contributed by atoms with E-state index in [1.807, 2.05) is 0 Å². The molecule has 0 spiro atoms. The highest BCUT2D eigenvalue weighted by Crippen LogP contribution is 2.10. The Kier molecular flexibility index (Phi) is 14.9. The van der Waals surface area contributed by atoms with Crippen LogP contribution in [0.25, 0.3) is 0 Å². The van der Waals surface area contributed by atoms with Gasteiger partial charge in [-0.2, -0.15) is 0 Å². The molecule has 2 N–H and O–H groups in total. The van der Waals surface area contributed by atoms with E-state index < -0.39 is 0 Å². The molecule has 0 bridgehead atoms. The van der Waals surface area contributed by atoms with Gasteiger partial charge in [0.05, 0.1) is 0 Å². The van der Waals surface area contributed by atoms with E-state index in [1.165, 1.54) is 64.2 Å². The molecule has 0 aliphatic rings. The zero-order valence-electron chi connectivity index (χ0n) is 14.0. The van der Waals surface area contributed by atoms with E-state index in [1.54, 1.807) is 0 Å². The lowest BCUT2D eigenvalue weighted by molar-refractivity contribution is 0.553. The van der Waals surface area contributed by atoms with E-state index in [0.717, 1.165) is 18.1 Å². The predicted molar refractivity (Wildman–Crippen MR) is 95.3 cm³/mol. The molecule has 0 radical (unpaired) electrons. The fourth-order valence-corrected chi connectivity index (χ4v) is 2.49. The normalized spacial score (nSPS) is 12.2. The van der Waals surface area contributed by atoms with Crippen LogP contribution < -0.4 is 10.6 Å². The maximum absolute atomic E-state index is 5.24. The van der Waals surface area contributed by atoms with Gasteiger partial charge < -0.3 is 10.6 Å². The lowest BCUT2D eigenvalue weighted by atomic mass is 10.1. The van der Waals surface area contributed by atoms with Crippen molar-refractivity contribution in [3.63, 3.8) is 0 Å². The van der Waals surface area contributed by atoms with E-state index in [2.05, 4.69) is 31.4 Å². The Bertz CT molecular complexity index is 219. The molecule has 1 atom stereocenters. The molecule has 0 aliphatic carbocycles. The monoisotopic (exact) mass is 300 g/mol. The van der Waals surface area contributed by atoms with Gasteiger partial charge in [-0.1, -0.05) is 71.6 Å². The number of hydrogen-bond donors (Lipinski definition) is 2. The summed E-state index contributed by atoms with van der Waals surface area (Å²) in [4.78, 5) is 0. The summed E-state index contributed by atoms with van der Waals surface area (Å²) in [6.07, 6.45) is 14.9. The Balaban J connectivity index is 3.14. The minimum atomic E-state index is 0.475. The van der Waals surface area contributed by atoms with E-state index in [0.29, 0.717) is 6.04 Å². The fourth-order valence-electron chi connectivity index (χ4n) is 2.19. The van der Waals surface area contributed by atoms with Crippen LogP contribution in [0, 0.1) is 0 Å². The van der Waals surface area contributed by atoms with E-state index >= 15 is 0 Å². The third kappa shape index (κ3) is 14.1. The zero-order valence-corrected chi connectivity index (χ0v) is 14.8. The second-order valence-corrected chi connectivity index (χ2v) is 6.30. The quantitative estimate of drug-likeness (QED) is 0.362.